The molecule has 0 atom stereocenters. The van der Waals surface area contributed by atoms with E-state index in [1.54, 1.807) is 0 Å². The van der Waals surface area contributed by atoms with Crippen molar-refractivity contribution < 1.29 is 14.3 Å². The summed E-state index contributed by atoms with van der Waals surface area (Å²) in [5.74, 6) is 0.434. The fourth-order valence-electron chi connectivity index (χ4n) is 2.93. The lowest BCUT2D eigenvalue weighted by Crippen LogP contribution is -2.19. The van der Waals surface area contributed by atoms with Gasteiger partial charge in [0.05, 0.1) is 24.1 Å². The lowest BCUT2D eigenvalue weighted by Gasteiger charge is -2.24. The molecular weight excluding hydrogens is 455 g/mol. The Balaban J connectivity index is 1.67. The number of aromatic amines is 1. The molecule has 0 unspecified atom stereocenters. The molecule has 0 bridgehead atoms. The number of hydrogen-bond acceptors (Lipinski definition) is 8. The van der Waals surface area contributed by atoms with Gasteiger partial charge >= 0.3 is 5.97 Å². The van der Waals surface area contributed by atoms with Gasteiger partial charge in [0.25, 0.3) is 0 Å². The van der Waals surface area contributed by atoms with Crippen molar-refractivity contribution in [1.29, 1.82) is 0 Å². The standard InChI is InChI=1S/C18H18Cl2N4O3S2/c1-3-9-11(19)10-14(21-9)23-17(24-15(10)27-7-8-5-4-6-8)29-18-22-12(13(20)28-18)16(25)26-2/h8H,3-7H2,1-2H3,(H,21,23,24). The van der Waals surface area contributed by atoms with Gasteiger partial charge in [0, 0.05) is 5.69 Å². The van der Waals surface area contributed by atoms with Crippen LogP contribution in [0.1, 0.15) is 42.4 Å². The highest BCUT2D eigenvalue weighted by Gasteiger charge is 2.23. The molecule has 0 spiro atoms. The highest BCUT2D eigenvalue weighted by Crippen LogP contribution is 2.39. The van der Waals surface area contributed by atoms with Crippen LogP contribution in [0.2, 0.25) is 9.36 Å². The summed E-state index contributed by atoms with van der Waals surface area (Å²) in [6, 6.07) is 0. The number of nitrogens with zero attached hydrogens (tertiary/aromatic N) is 3. The van der Waals surface area contributed by atoms with Gasteiger partial charge in [-0.2, -0.15) is 4.98 Å². The third-order valence-electron chi connectivity index (χ3n) is 4.77. The molecule has 3 aromatic heterocycles. The number of H-pyrrole nitrogens is 1. The molecule has 29 heavy (non-hydrogen) atoms. The number of thiazole rings is 1. The van der Waals surface area contributed by atoms with Crippen LogP contribution in [0, 0.1) is 5.92 Å². The van der Waals surface area contributed by atoms with Gasteiger partial charge in [-0.05, 0) is 36.9 Å². The van der Waals surface area contributed by atoms with E-state index in [9.17, 15) is 4.79 Å². The SMILES string of the molecule is CCc1[nH]c2nc(Sc3nc(C(=O)OC)c(Cl)s3)nc(OCC3CCC3)c2c1Cl. The number of rotatable bonds is 7. The molecule has 0 saturated heterocycles. The van der Waals surface area contributed by atoms with E-state index in [0.717, 1.165) is 12.1 Å². The van der Waals surface area contributed by atoms with Crippen LogP contribution in [0.5, 0.6) is 5.88 Å². The summed E-state index contributed by atoms with van der Waals surface area (Å²) in [5, 5.41) is 1.72. The minimum Gasteiger partial charge on any atom is -0.477 e. The maximum Gasteiger partial charge on any atom is 0.359 e. The number of halogens is 2. The third-order valence-corrected chi connectivity index (χ3v) is 7.36. The maximum atomic E-state index is 11.7. The number of aromatic nitrogens is 4. The van der Waals surface area contributed by atoms with Crippen LogP contribution in [0.25, 0.3) is 11.0 Å². The number of fused-ring (bicyclic) bond motifs is 1. The molecule has 0 radical (unpaired) electrons. The van der Waals surface area contributed by atoms with Crippen molar-refractivity contribution in [3.63, 3.8) is 0 Å². The van der Waals surface area contributed by atoms with Crippen LogP contribution in [0.4, 0.5) is 0 Å². The van der Waals surface area contributed by atoms with Gasteiger partial charge in [-0.3, -0.25) is 0 Å². The van der Waals surface area contributed by atoms with E-state index < -0.39 is 5.97 Å². The van der Waals surface area contributed by atoms with Crippen LogP contribution in [-0.4, -0.2) is 39.6 Å². The number of carbonyl (C=O) groups excluding carboxylic acids is 1. The third kappa shape index (κ3) is 4.19. The molecular formula is C18H18Cl2N4O3S2. The van der Waals surface area contributed by atoms with Crippen LogP contribution in [0.3, 0.4) is 0 Å². The predicted octanol–water partition coefficient (Wildman–Crippen LogP) is 5.40. The molecule has 1 fully saturated rings. The average molecular weight is 473 g/mol. The van der Waals surface area contributed by atoms with Crippen LogP contribution in [-0.2, 0) is 11.2 Å². The summed E-state index contributed by atoms with van der Waals surface area (Å²) >= 11 is 15.0. The molecule has 11 heteroatoms. The van der Waals surface area contributed by atoms with Gasteiger partial charge in [0.15, 0.2) is 15.2 Å². The summed E-state index contributed by atoms with van der Waals surface area (Å²) in [7, 11) is 1.29. The highest BCUT2D eigenvalue weighted by molar-refractivity contribution is 8.00. The molecule has 3 aromatic rings. The average Bonchev–Trinajstić information content (AvgIpc) is 3.19. The summed E-state index contributed by atoms with van der Waals surface area (Å²) in [6.45, 7) is 2.62. The van der Waals surface area contributed by atoms with Crippen LogP contribution in [0.15, 0.2) is 9.50 Å². The minimum atomic E-state index is -0.581. The summed E-state index contributed by atoms with van der Waals surface area (Å²) < 4.78 is 11.5. The van der Waals surface area contributed by atoms with E-state index in [2.05, 4.69) is 19.9 Å². The van der Waals surface area contributed by atoms with Crippen molar-refractivity contribution in [2.24, 2.45) is 5.92 Å². The fourth-order valence-corrected chi connectivity index (χ4v) is 5.48. The number of ether oxygens (including phenoxy) is 2. The number of methoxy groups -OCH3 is 1. The van der Waals surface area contributed by atoms with Gasteiger partial charge in [0.1, 0.15) is 9.98 Å². The van der Waals surface area contributed by atoms with E-state index in [0.29, 0.717) is 44.0 Å². The first-order valence-corrected chi connectivity index (χ1v) is 11.5. The predicted molar refractivity (Wildman–Crippen MR) is 114 cm³/mol. The molecule has 1 N–H and O–H groups in total. The largest absolute Gasteiger partial charge is 0.477 e. The van der Waals surface area contributed by atoms with Gasteiger partial charge < -0.3 is 14.5 Å². The van der Waals surface area contributed by atoms with Gasteiger partial charge in [-0.15, -0.1) is 0 Å². The molecule has 1 aliphatic carbocycles. The molecule has 0 amide bonds. The highest BCUT2D eigenvalue weighted by atomic mass is 35.5. The van der Waals surface area contributed by atoms with Crippen molar-refractivity contribution in [2.75, 3.05) is 13.7 Å². The zero-order valence-electron chi connectivity index (χ0n) is 15.8. The fraction of sp³-hybridized carbons (Fsp3) is 0.444. The van der Waals surface area contributed by atoms with E-state index in [1.807, 2.05) is 6.92 Å². The maximum absolute atomic E-state index is 11.7. The Kier molecular flexibility index (Phi) is 6.19. The first-order chi connectivity index (χ1) is 14.0. The van der Waals surface area contributed by atoms with Crippen molar-refractivity contribution in [3.05, 3.63) is 20.7 Å². The minimum absolute atomic E-state index is 0.0837. The van der Waals surface area contributed by atoms with Gasteiger partial charge in [-0.1, -0.05) is 47.9 Å². The smallest absolute Gasteiger partial charge is 0.359 e. The second-order valence-corrected chi connectivity index (χ2v) is 9.80. The van der Waals surface area contributed by atoms with Crippen LogP contribution < -0.4 is 4.74 Å². The molecule has 3 heterocycles. The Morgan fingerprint density at radius 3 is 2.76 bits per heavy atom. The quantitative estimate of drug-likeness (QED) is 0.363. The Labute approximate surface area is 185 Å². The molecule has 4 rings (SSSR count). The van der Waals surface area contributed by atoms with Gasteiger partial charge in [0.2, 0.25) is 5.88 Å². The Hall–Kier alpha value is -1.55. The van der Waals surface area contributed by atoms with E-state index in [1.165, 1.54) is 49.5 Å². The second kappa shape index (κ2) is 8.67. The molecule has 154 valence electrons. The summed E-state index contributed by atoms with van der Waals surface area (Å²) in [5.41, 5.74) is 1.58. The van der Waals surface area contributed by atoms with Crippen molar-refractivity contribution in [1.82, 2.24) is 19.9 Å². The number of hydrogen-bond donors (Lipinski definition) is 1. The van der Waals surface area contributed by atoms with Crippen molar-refractivity contribution in [2.45, 2.75) is 42.1 Å². The zero-order chi connectivity index (χ0) is 20.5. The number of esters is 1. The number of carbonyl (C=O) groups is 1. The molecule has 0 aromatic carbocycles. The van der Waals surface area contributed by atoms with E-state index in [-0.39, 0.29) is 10.0 Å². The Bertz CT molecular complexity index is 1070. The molecule has 0 aliphatic heterocycles. The molecule has 7 nitrogen and oxygen atoms in total. The van der Waals surface area contributed by atoms with Crippen LogP contribution >= 0.6 is 46.3 Å². The van der Waals surface area contributed by atoms with Gasteiger partial charge in [-0.25, -0.2) is 14.8 Å². The monoisotopic (exact) mass is 472 g/mol. The summed E-state index contributed by atoms with van der Waals surface area (Å²) in [6.07, 6.45) is 4.33. The normalized spacial score (nSPS) is 14.2. The Morgan fingerprint density at radius 1 is 1.31 bits per heavy atom. The first-order valence-electron chi connectivity index (χ1n) is 9.13. The Morgan fingerprint density at radius 2 is 2.10 bits per heavy atom. The molecule has 1 saturated carbocycles. The topological polar surface area (TPSA) is 90.0 Å². The first kappa shape index (κ1) is 20.7. The lowest BCUT2D eigenvalue weighted by atomic mass is 9.86. The number of nitrogens with one attached hydrogen (secondary N) is 1. The lowest BCUT2D eigenvalue weighted by molar-refractivity contribution is 0.0594. The van der Waals surface area contributed by atoms with E-state index >= 15 is 0 Å². The zero-order valence-corrected chi connectivity index (χ0v) is 18.9. The van der Waals surface area contributed by atoms with Crippen molar-refractivity contribution in [3.8, 4) is 5.88 Å². The summed E-state index contributed by atoms with van der Waals surface area (Å²) in [4.78, 5) is 28.4. The van der Waals surface area contributed by atoms with Crippen molar-refractivity contribution >= 4 is 63.3 Å². The molecule has 1 aliphatic rings. The van der Waals surface area contributed by atoms with E-state index in [4.69, 9.17) is 32.7 Å². The second-order valence-electron chi connectivity index (χ2n) is 6.61. The number of aryl methyl sites for hydroxylation is 1.